The van der Waals surface area contributed by atoms with Gasteiger partial charge in [-0.1, -0.05) is 0 Å². The molecule has 1 aromatic heterocycles. The molecule has 0 spiro atoms. The first-order valence-electron chi connectivity index (χ1n) is 7.44. The monoisotopic (exact) mass is 329 g/mol. The second kappa shape index (κ2) is 8.77. The van der Waals surface area contributed by atoms with Crippen molar-refractivity contribution < 1.29 is 8.42 Å². The van der Waals surface area contributed by atoms with Crippen LogP contribution in [0.15, 0.2) is 17.4 Å². The highest BCUT2D eigenvalue weighted by atomic mass is 32.2. The Balaban J connectivity index is 2.24. The molecule has 0 aliphatic rings. The smallest absolute Gasteiger partial charge is 0.191 e. The van der Waals surface area contributed by atoms with Gasteiger partial charge in [-0.2, -0.15) is 5.10 Å². The van der Waals surface area contributed by atoms with Crippen LogP contribution in [0.25, 0.3) is 0 Å². The van der Waals surface area contributed by atoms with Gasteiger partial charge in [0.1, 0.15) is 9.84 Å². The Morgan fingerprint density at radius 2 is 2.23 bits per heavy atom. The Labute approximate surface area is 133 Å². The molecule has 1 heterocycles. The summed E-state index contributed by atoms with van der Waals surface area (Å²) >= 11 is 0. The standard InChI is InChI=1S/C14H27N5O2S/c1-12-10-17-19(11-12)8-5-7-16-14(15-3)18-13(2)6-9-22(4,20)21/h10-11,13H,5-9H2,1-4H3,(H2,15,16,18). The predicted octanol–water partition coefficient (Wildman–Crippen LogP) is 0.570. The van der Waals surface area contributed by atoms with Crippen molar-refractivity contribution in [3.8, 4) is 0 Å². The zero-order valence-electron chi connectivity index (χ0n) is 13.8. The summed E-state index contributed by atoms with van der Waals surface area (Å²) in [5, 5.41) is 10.7. The zero-order chi connectivity index (χ0) is 16.6. The summed E-state index contributed by atoms with van der Waals surface area (Å²) in [6.45, 7) is 5.59. The molecule has 7 nitrogen and oxygen atoms in total. The fraction of sp³-hybridized carbons (Fsp3) is 0.714. The van der Waals surface area contributed by atoms with Crippen molar-refractivity contribution >= 4 is 15.8 Å². The van der Waals surface area contributed by atoms with Gasteiger partial charge in [0.05, 0.1) is 11.9 Å². The normalized spacial score (nSPS) is 13.9. The van der Waals surface area contributed by atoms with Crippen LogP contribution in [0.1, 0.15) is 25.3 Å². The van der Waals surface area contributed by atoms with Gasteiger partial charge in [-0.3, -0.25) is 9.67 Å². The molecule has 1 unspecified atom stereocenters. The fourth-order valence-electron chi connectivity index (χ4n) is 1.93. The van der Waals surface area contributed by atoms with Crippen LogP contribution in [-0.2, 0) is 16.4 Å². The minimum atomic E-state index is -2.92. The van der Waals surface area contributed by atoms with Gasteiger partial charge >= 0.3 is 0 Å². The van der Waals surface area contributed by atoms with Crippen molar-refractivity contribution in [1.29, 1.82) is 0 Å². The van der Waals surface area contributed by atoms with Gasteiger partial charge in [0.2, 0.25) is 0 Å². The number of hydrogen-bond acceptors (Lipinski definition) is 4. The van der Waals surface area contributed by atoms with Crippen LogP contribution in [0, 0.1) is 6.92 Å². The Morgan fingerprint density at radius 1 is 1.50 bits per heavy atom. The Morgan fingerprint density at radius 3 is 2.77 bits per heavy atom. The van der Waals surface area contributed by atoms with Crippen molar-refractivity contribution in [2.75, 3.05) is 25.6 Å². The molecule has 0 bridgehead atoms. The molecule has 0 amide bonds. The Kier molecular flexibility index (Phi) is 7.37. The number of aryl methyl sites for hydroxylation is 2. The van der Waals surface area contributed by atoms with Gasteiger partial charge in [-0.15, -0.1) is 0 Å². The van der Waals surface area contributed by atoms with Crippen molar-refractivity contribution in [2.45, 2.75) is 39.3 Å². The first-order valence-corrected chi connectivity index (χ1v) is 9.50. The number of sulfone groups is 1. The molecule has 0 fully saturated rings. The summed E-state index contributed by atoms with van der Waals surface area (Å²) in [6, 6.07) is 0.0506. The van der Waals surface area contributed by atoms with E-state index in [0.717, 1.165) is 25.1 Å². The van der Waals surface area contributed by atoms with E-state index >= 15 is 0 Å². The second-order valence-electron chi connectivity index (χ2n) is 5.60. The van der Waals surface area contributed by atoms with E-state index in [9.17, 15) is 8.42 Å². The van der Waals surface area contributed by atoms with Crippen molar-refractivity contribution in [3.63, 3.8) is 0 Å². The van der Waals surface area contributed by atoms with Gasteiger partial charge in [0, 0.05) is 38.6 Å². The third-order valence-corrected chi connectivity index (χ3v) is 4.12. The first-order chi connectivity index (χ1) is 10.3. The third-order valence-electron chi connectivity index (χ3n) is 3.15. The van der Waals surface area contributed by atoms with Crippen molar-refractivity contribution in [3.05, 3.63) is 18.0 Å². The van der Waals surface area contributed by atoms with E-state index in [4.69, 9.17) is 0 Å². The quantitative estimate of drug-likeness (QED) is 0.413. The summed E-state index contributed by atoms with van der Waals surface area (Å²) in [4.78, 5) is 4.14. The van der Waals surface area contributed by atoms with E-state index in [0.29, 0.717) is 12.4 Å². The summed E-state index contributed by atoms with van der Waals surface area (Å²) in [7, 11) is -1.22. The summed E-state index contributed by atoms with van der Waals surface area (Å²) in [5.41, 5.74) is 1.16. The Hall–Kier alpha value is -1.57. The first kappa shape index (κ1) is 18.5. The van der Waals surface area contributed by atoms with Crippen LogP contribution in [-0.4, -0.2) is 55.8 Å². The van der Waals surface area contributed by atoms with Crippen LogP contribution >= 0.6 is 0 Å². The lowest BCUT2D eigenvalue weighted by Gasteiger charge is -2.17. The number of aliphatic imine (C=N–C) groups is 1. The summed E-state index contributed by atoms with van der Waals surface area (Å²) < 4.78 is 24.2. The molecule has 0 aromatic carbocycles. The number of aromatic nitrogens is 2. The lowest BCUT2D eigenvalue weighted by molar-refractivity contribution is 0.561. The molecular weight excluding hydrogens is 302 g/mol. The van der Waals surface area contributed by atoms with Gasteiger partial charge in [0.15, 0.2) is 5.96 Å². The minimum Gasteiger partial charge on any atom is -0.356 e. The van der Waals surface area contributed by atoms with E-state index in [1.807, 2.05) is 30.9 Å². The molecule has 0 saturated heterocycles. The molecule has 0 aliphatic heterocycles. The molecule has 0 aliphatic carbocycles. The zero-order valence-corrected chi connectivity index (χ0v) is 14.7. The fourth-order valence-corrected chi connectivity index (χ4v) is 2.71. The molecule has 1 aromatic rings. The number of hydrogen-bond donors (Lipinski definition) is 2. The highest BCUT2D eigenvalue weighted by Crippen LogP contribution is 1.96. The van der Waals surface area contributed by atoms with Crippen LogP contribution in [0.4, 0.5) is 0 Å². The van der Waals surface area contributed by atoms with E-state index < -0.39 is 9.84 Å². The lowest BCUT2D eigenvalue weighted by atomic mass is 10.3. The molecule has 0 saturated carbocycles. The number of nitrogens with one attached hydrogen (secondary N) is 2. The van der Waals surface area contributed by atoms with Gasteiger partial charge in [-0.05, 0) is 32.3 Å². The largest absolute Gasteiger partial charge is 0.356 e. The van der Waals surface area contributed by atoms with Crippen LogP contribution in [0.5, 0.6) is 0 Å². The lowest BCUT2D eigenvalue weighted by Crippen LogP contribution is -2.43. The van der Waals surface area contributed by atoms with Crippen LogP contribution in [0.3, 0.4) is 0 Å². The van der Waals surface area contributed by atoms with Crippen LogP contribution < -0.4 is 10.6 Å². The van der Waals surface area contributed by atoms with E-state index in [1.54, 1.807) is 7.05 Å². The van der Waals surface area contributed by atoms with Gasteiger partial charge in [-0.25, -0.2) is 8.42 Å². The van der Waals surface area contributed by atoms with Crippen molar-refractivity contribution in [2.24, 2.45) is 4.99 Å². The van der Waals surface area contributed by atoms with Gasteiger partial charge < -0.3 is 10.6 Å². The average molecular weight is 329 g/mol. The van der Waals surface area contributed by atoms with E-state index in [2.05, 4.69) is 20.7 Å². The maximum absolute atomic E-state index is 11.2. The molecule has 0 radical (unpaired) electrons. The minimum absolute atomic E-state index is 0.0506. The SMILES string of the molecule is CN=C(NCCCn1cc(C)cn1)NC(C)CCS(C)(=O)=O. The summed E-state index contributed by atoms with van der Waals surface area (Å²) in [6.07, 6.45) is 6.60. The van der Waals surface area contributed by atoms with Crippen molar-refractivity contribution in [1.82, 2.24) is 20.4 Å². The molecule has 126 valence electrons. The number of nitrogens with zero attached hydrogens (tertiary/aromatic N) is 3. The van der Waals surface area contributed by atoms with E-state index in [-0.39, 0.29) is 11.8 Å². The van der Waals surface area contributed by atoms with Crippen LogP contribution in [0.2, 0.25) is 0 Å². The maximum Gasteiger partial charge on any atom is 0.191 e. The van der Waals surface area contributed by atoms with Gasteiger partial charge in [0.25, 0.3) is 0 Å². The topological polar surface area (TPSA) is 88.4 Å². The second-order valence-corrected chi connectivity index (χ2v) is 7.86. The average Bonchev–Trinajstić information content (AvgIpc) is 2.85. The Bertz CT molecular complexity index is 580. The molecule has 22 heavy (non-hydrogen) atoms. The maximum atomic E-state index is 11.2. The molecule has 8 heteroatoms. The number of guanidine groups is 1. The number of rotatable bonds is 8. The molecule has 2 N–H and O–H groups in total. The molecular formula is C14H27N5O2S. The highest BCUT2D eigenvalue weighted by Gasteiger charge is 2.09. The molecule has 1 rings (SSSR count). The highest BCUT2D eigenvalue weighted by molar-refractivity contribution is 7.90. The molecule has 1 atom stereocenters. The predicted molar refractivity (Wildman–Crippen MR) is 89.9 cm³/mol. The van der Waals surface area contributed by atoms with E-state index in [1.165, 1.54) is 6.26 Å². The third kappa shape index (κ3) is 8.02. The summed E-state index contributed by atoms with van der Waals surface area (Å²) in [5.74, 6) is 0.870.